The van der Waals surface area contributed by atoms with Gasteiger partial charge in [0.2, 0.25) is 0 Å². The molecular weight excluding hydrogens is 466 g/mol. The number of nitrogens with one attached hydrogen (secondary N) is 2. The van der Waals surface area contributed by atoms with Gasteiger partial charge in [0.1, 0.15) is 35.0 Å². The van der Waals surface area contributed by atoms with Crippen molar-refractivity contribution < 1.29 is 27.5 Å². The Labute approximate surface area is 196 Å². The van der Waals surface area contributed by atoms with Crippen LogP contribution in [0.5, 0.6) is 0 Å². The zero-order chi connectivity index (χ0) is 24.9. The van der Waals surface area contributed by atoms with Gasteiger partial charge in [-0.2, -0.15) is 5.10 Å². The summed E-state index contributed by atoms with van der Waals surface area (Å²) in [5, 5.41) is 18.0. The second kappa shape index (κ2) is 10.4. The molecule has 7 nitrogen and oxygen atoms in total. The maximum Gasteiger partial charge on any atom is 0.252 e. The predicted octanol–water partition coefficient (Wildman–Crippen LogP) is 3.62. The van der Waals surface area contributed by atoms with Crippen LogP contribution in [0.2, 0.25) is 0 Å². The first-order valence-electron chi connectivity index (χ1n) is 10.5. The highest BCUT2D eigenvalue weighted by molar-refractivity contribution is 6.01. The maximum absolute atomic E-state index is 15.3. The van der Waals surface area contributed by atoms with Crippen molar-refractivity contribution in [1.29, 1.82) is 0 Å². The summed E-state index contributed by atoms with van der Waals surface area (Å²) in [6.45, 7) is -0.885. The Morgan fingerprint density at radius 2 is 1.74 bits per heavy atom. The molecule has 0 aliphatic rings. The van der Waals surface area contributed by atoms with Crippen molar-refractivity contribution in [1.82, 2.24) is 25.5 Å². The van der Waals surface area contributed by atoms with E-state index >= 15 is 4.39 Å². The first kappa shape index (κ1) is 24.0. The van der Waals surface area contributed by atoms with Crippen LogP contribution in [-0.2, 0) is 6.42 Å². The third kappa shape index (κ3) is 5.19. The minimum absolute atomic E-state index is 0.147. The van der Waals surface area contributed by atoms with Gasteiger partial charge in [-0.3, -0.25) is 9.89 Å². The van der Waals surface area contributed by atoms with Crippen molar-refractivity contribution in [2.24, 2.45) is 0 Å². The Balaban J connectivity index is 1.68. The fourth-order valence-corrected chi connectivity index (χ4v) is 3.54. The molecule has 2 aromatic heterocycles. The zero-order valence-electron chi connectivity index (χ0n) is 18.1. The van der Waals surface area contributed by atoms with Crippen molar-refractivity contribution in [3.8, 4) is 22.5 Å². The Morgan fingerprint density at radius 3 is 2.43 bits per heavy atom. The smallest absolute Gasteiger partial charge is 0.252 e. The van der Waals surface area contributed by atoms with Crippen LogP contribution in [-0.4, -0.2) is 50.0 Å². The summed E-state index contributed by atoms with van der Waals surface area (Å²) in [5.41, 5.74) is -1.08. The molecule has 0 saturated heterocycles. The van der Waals surface area contributed by atoms with Crippen LogP contribution in [0.15, 0.2) is 60.9 Å². The fourth-order valence-electron chi connectivity index (χ4n) is 3.54. The third-order valence-corrected chi connectivity index (χ3v) is 5.28. The van der Waals surface area contributed by atoms with E-state index in [-0.39, 0.29) is 29.1 Å². The van der Waals surface area contributed by atoms with Gasteiger partial charge in [0.05, 0.1) is 23.8 Å². The van der Waals surface area contributed by atoms with Crippen LogP contribution >= 0.6 is 0 Å². The van der Waals surface area contributed by atoms with E-state index in [9.17, 15) is 23.1 Å². The van der Waals surface area contributed by atoms with E-state index in [0.717, 1.165) is 18.2 Å². The third-order valence-electron chi connectivity index (χ3n) is 5.28. The monoisotopic (exact) mass is 485 g/mol. The van der Waals surface area contributed by atoms with Gasteiger partial charge < -0.3 is 10.4 Å². The number of aliphatic hydroxyl groups excluding tert-OH is 1. The lowest BCUT2D eigenvalue weighted by Gasteiger charge is -2.21. The number of hydrogen-bond donors (Lipinski definition) is 3. The molecule has 0 aliphatic carbocycles. The standard InChI is InChI=1S/C24H19F4N5O2/c25-14-7-5-13(6-8-14)22-21(28)23(33-32-22)20-15(3-1-4-16(20)26)24(35)31-18(17(27)12-34)11-19-29-9-2-10-30-19/h1-10,17-18,34H,11-12H2,(H,31,35)(H,32,33)/t17-,18-/m1/s1. The second-order valence-corrected chi connectivity index (χ2v) is 7.58. The summed E-state index contributed by atoms with van der Waals surface area (Å²) in [7, 11) is 0. The predicted molar refractivity (Wildman–Crippen MR) is 118 cm³/mol. The number of rotatable bonds is 8. The van der Waals surface area contributed by atoms with Crippen molar-refractivity contribution in [2.45, 2.75) is 18.6 Å². The molecule has 0 spiro atoms. The van der Waals surface area contributed by atoms with Gasteiger partial charge in [0.25, 0.3) is 5.91 Å². The minimum atomic E-state index is -1.87. The van der Waals surface area contributed by atoms with Crippen molar-refractivity contribution in [2.75, 3.05) is 6.61 Å². The van der Waals surface area contributed by atoms with Gasteiger partial charge in [0.15, 0.2) is 5.82 Å². The summed E-state index contributed by atoms with van der Waals surface area (Å²) in [5.74, 6) is -3.09. The van der Waals surface area contributed by atoms with Crippen LogP contribution < -0.4 is 5.32 Å². The number of amides is 1. The maximum atomic E-state index is 15.3. The Kier molecular flexibility index (Phi) is 7.16. The number of alkyl halides is 1. The highest BCUT2D eigenvalue weighted by Gasteiger charge is 2.28. The number of nitrogens with zero attached hydrogens (tertiary/aromatic N) is 3. The Bertz CT molecular complexity index is 1320. The number of hydrogen-bond acceptors (Lipinski definition) is 5. The lowest BCUT2D eigenvalue weighted by atomic mass is 10.0. The summed E-state index contributed by atoms with van der Waals surface area (Å²) < 4.78 is 57.8. The molecule has 0 unspecified atom stereocenters. The minimum Gasteiger partial charge on any atom is -0.393 e. The second-order valence-electron chi connectivity index (χ2n) is 7.58. The van der Waals surface area contributed by atoms with Crippen LogP contribution in [0.4, 0.5) is 17.6 Å². The number of aliphatic hydroxyl groups is 1. The van der Waals surface area contributed by atoms with E-state index in [1.165, 1.54) is 36.7 Å². The van der Waals surface area contributed by atoms with E-state index < -0.39 is 53.4 Å². The number of carbonyl (C=O) groups excluding carboxylic acids is 1. The molecule has 3 N–H and O–H groups in total. The SMILES string of the molecule is O=C(N[C@H](Cc1ncccn1)[C@H](F)CO)c1cccc(F)c1-c1[nH]nc(-c2ccc(F)cc2)c1F. The molecule has 0 bridgehead atoms. The molecule has 2 atom stereocenters. The summed E-state index contributed by atoms with van der Waals surface area (Å²) >= 11 is 0. The average Bonchev–Trinajstić information content (AvgIpc) is 3.24. The van der Waals surface area contributed by atoms with Gasteiger partial charge in [-0.25, -0.2) is 27.5 Å². The Morgan fingerprint density at radius 1 is 1.03 bits per heavy atom. The molecule has 35 heavy (non-hydrogen) atoms. The summed E-state index contributed by atoms with van der Waals surface area (Å²) in [6, 6.07) is 8.70. The molecule has 180 valence electrons. The van der Waals surface area contributed by atoms with Gasteiger partial charge in [-0.05, 0) is 42.5 Å². The topological polar surface area (TPSA) is 104 Å². The van der Waals surface area contributed by atoms with Crippen molar-refractivity contribution >= 4 is 5.91 Å². The lowest BCUT2D eigenvalue weighted by molar-refractivity contribution is 0.0868. The molecule has 1 amide bonds. The number of H-pyrrole nitrogens is 1. The number of aromatic amines is 1. The molecule has 0 aliphatic heterocycles. The highest BCUT2D eigenvalue weighted by Crippen LogP contribution is 2.32. The molecule has 4 rings (SSSR count). The van der Waals surface area contributed by atoms with Crippen LogP contribution in [0.25, 0.3) is 22.5 Å². The van der Waals surface area contributed by atoms with Gasteiger partial charge >= 0.3 is 0 Å². The highest BCUT2D eigenvalue weighted by atomic mass is 19.1. The normalized spacial score (nSPS) is 12.8. The van der Waals surface area contributed by atoms with Crippen LogP contribution in [0, 0.1) is 17.5 Å². The zero-order valence-corrected chi connectivity index (χ0v) is 18.1. The van der Waals surface area contributed by atoms with E-state index in [0.29, 0.717) is 0 Å². The number of halogens is 4. The lowest BCUT2D eigenvalue weighted by Crippen LogP contribution is -2.45. The molecule has 2 aromatic carbocycles. The molecule has 4 aromatic rings. The number of benzene rings is 2. The first-order valence-corrected chi connectivity index (χ1v) is 10.5. The van der Waals surface area contributed by atoms with Gasteiger partial charge in [-0.15, -0.1) is 0 Å². The van der Waals surface area contributed by atoms with Gasteiger partial charge in [-0.1, -0.05) is 6.07 Å². The van der Waals surface area contributed by atoms with Crippen LogP contribution in [0.3, 0.4) is 0 Å². The molecule has 2 heterocycles. The van der Waals surface area contributed by atoms with Gasteiger partial charge in [0, 0.05) is 24.4 Å². The van der Waals surface area contributed by atoms with E-state index in [1.54, 1.807) is 6.07 Å². The average molecular weight is 485 g/mol. The number of aromatic nitrogens is 4. The summed E-state index contributed by atoms with van der Waals surface area (Å²) in [6.07, 6.45) is 0.871. The molecular formula is C24H19F4N5O2. The molecule has 11 heteroatoms. The first-order chi connectivity index (χ1) is 16.9. The molecule has 0 fully saturated rings. The Hall–Kier alpha value is -4.12. The largest absolute Gasteiger partial charge is 0.393 e. The van der Waals surface area contributed by atoms with E-state index in [2.05, 4.69) is 25.5 Å². The number of carbonyl (C=O) groups is 1. The van der Waals surface area contributed by atoms with E-state index in [1.807, 2.05) is 0 Å². The fraction of sp³-hybridized carbons (Fsp3) is 0.167. The summed E-state index contributed by atoms with van der Waals surface area (Å²) in [4.78, 5) is 21.0. The molecule has 0 saturated carbocycles. The van der Waals surface area contributed by atoms with Crippen molar-refractivity contribution in [3.63, 3.8) is 0 Å². The quantitative estimate of drug-likeness (QED) is 0.331. The molecule has 0 radical (unpaired) electrons. The van der Waals surface area contributed by atoms with Crippen LogP contribution in [0.1, 0.15) is 16.2 Å². The van der Waals surface area contributed by atoms with Crippen molar-refractivity contribution in [3.05, 3.63) is 89.8 Å². The van der Waals surface area contributed by atoms with E-state index in [4.69, 9.17) is 0 Å².